The van der Waals surface area contributed by atoms with E-state index in [0.717, 1.165) is 5.57 Å². The molecule has 0 spiro atoms. The first kappa shape index (κ1) is 7.79. The van der Waals surface area contributed by atoms with Crippen LogP contribution in [0.15, 0.2) is 47.4 Å². The van der Waals surface area contributed by atoms with Crippen molar-refractivity contribution in [1.29, 1.82) is 0 Å². The summed E-state index contributed by atoms with van der Waals surface area (Å²) in [5.74, 6) is -0.488. The number of fused-ring (bicyclic) bond motifs is 1. The topological polar surface area (TPSA) is 63.4 Å². The van der Waals surface area contributed by atoms with Gasteiger partial charge in [0.05, 0.1) is 10.8 Å². The fourth-order valence-corrected chi connectivity index (χ4v) is 1.48. The predicted molar refractivity (Wildman–Crippen MR) is 46.5 cm³/mol. The second-order valence-electron chi connectivity index (χ2n) is 2.89. The Morgan fingerprint density at radius 2 is 2.23 bits per heavy atom. The Kier molecular flexibility index (Phi) is 1.55. The van der Waals surface area contributed by atoms with Gasteiger partial charge < -0.3 is 5.11 Å². The van der Waals surface area contributed by atoms with E-state index < -0.39 is 4.92 Å². The van der Waals surface area contributed by atoms with Gasteiger partial charge in [-0.1, -0.05) is 24.3 Å². The van der Waals surface area contributed by atoms with E-state index in [1.54, 1.807) is 18.2 Å². The summed E-state index contributed by atoms with van der Waals surface area (Å²) in [5.41, 5.74) is 0.678. The summed E-state index contributed by atoms with van der Waals surface area (Å²) in [5, 5.41) is 20.0. The molecule has 0 saturated carbocycles. The Morgan fingerprint density at radius 1 is 1.46 bits per heavy atom. The zero-order chi connectivity index (χ0) is 9.42. The van der Waals surface area contributed by atoms with Crippen molar-refractivity contribution in [1.82, 2.24) is 0 Å². The molecule has 1 N–H and O–H groups in total. The lowest BCUT2D eigenvalue weighted by Gasteiger charge is -2.13. The number of hydrogen-bond acceptors (Lipinski definition) is 3. The van der Waals surface area contributed by atoms with Crippen LogP contribution < -0.4 is 0 Å². The molecule has 0 radical (unpaired) electrons. The summed E-state index contributed by atoms with van der Waals surface area (Å²) in [4.78, 5) is 9.87. The largest absolute Gasteiger partial charge is 0.505 e. The maximum Gasteiger partial charge on any atom is 0.307 e. The van der Waals surface area contributed by atoms with Crippen LogP contribution in [0, 0.1) is 16.0 Å². The van der Waals surface area contributed by atoms with Gasteiger partial charge in [0, 0.05) is 6.08 Å². The molecule has 0 aromatic heterocycles. The molecule has 0 aromatic carbocycles. The van der Waals surface area contributed by atoms with E-state index >= 15 is 0 Å². The molecule has 1 unspecified atom stereocenters. The Bertz CT molecular complexity index is 388. The van der Waals surface area contributed by atoms with Crippen LogP contribution in [0.25, 0.3) is 0 Å². The van der Waals surface area contributed by atoms with Crippen molar-refractivity contribution in [2.45, 2.75) is 0 Å². The van der Waals surface area contributed by atoms with Crippen LogP contribution in [-0.2, 0) is 0 Å². The molecule has 0 amide bonds. The molecule has 66 valence electrons. The van der Waals surface area contributed by atoms with E-state index in [-0.39, 0.29) is 17.4 Å². The number of nitrogens with zero attached hydrogens (tertiary/aromatic N) is 1. The zero-order valence-electron chi connectivity index (χ0n) is 6.68. The molecule has 13 heavy (non-hydrogen) atoms. The normalized spacial score (nSPS) is 24.6. The fraction of sp³-hybridized carbons (Fsp3) is 0.111. The molecule has 1 atom stereocenters. The summed E-state index contributed by atoms with van der Waals surface area (Å²) >= 11 is 0. The number of aliphatic hydroxyl groups is 1. The summed E-state index contributed by atoms with van der Waals surface area (Å²) in [6.07, 6.45) is 8.32. The Balaban J connectivity index is 2.47. The van der Waals surface area contributed by atoms with E-state index in [4.69, 9.17) is 0 Å². The third-order valence-electron chi connectivity index (χ3n) is 2.14. The van der Waals surface area contributed by atoms with Crippen LogP contribution in [-0.4, -0.2) is 10.0 Å². The predicted octanol–water partition coefficient (Wildman–Crippen LogP) is 1.71. The number of aliphatic hydroxyl groups excluding tert-OH is 1. The monoisotopic (exact) mass is 177 g/mol. The summed E-state index contributed by atoms with van der Waals surface area (Å²) in [6.45, 7) is 0. The van der Waals surface area contributed by atoms with Gasteiger partial charge in [0.25, 0.3) is 0 Å². The van der Waals surface area contributed by atoms with E-state index in [0.29, 0.717) is 0 Å². The molecule has 0 aliphatic heterocycles. The van der Waals surface area contributed by atoms with Crippen molar-refractivity contribution in [3.63, 3.8) is 0 Å². The van der Waals surface area contributed by atoms with E-state index in [2.05, 4.69) is 0 Å². The van der Waals surface area contributed by atoms with Crippen molar-refractivity contribution in [3.05, 3.63) is 57.5 Å². The molecule has 4 nitrogen and oxygen atoms in total. The van der Waals surface area contributed by atoms with Gasteiger partial charge in [0.2, 0.25) is 0 Å². The molecule has 0 heterocycles. The SMILES string of the molecule is O=[N+]([O-])C1=C(O)C2C=CC=C2C=C1. The van der Waals surface area contributed by atoms with Gasteiger partial charge in [0.15, 0.2) is 5.76 Å². The molecule has 0 bridgehead atoms. The fourth-order valence-electron chi connectivity index (χ4n) is 1.48. The number of allylic oxidation sites excluding steroid dienone is 5. The van der Waals surface area contributed by atoms with Gasteiger partial charge in [-0.25, -0.2) is 0 Å². The van der Waals surface area contributed by atoms with Crippen LogP contribution in [0.1, 0.15) is 0 Å². The van der Waals surface area contributed by atoms with Gasteiger partial charge in [-0.15, -0.1) is 0 Å². The van der Waals surface area contributed by atoms with Gasteiger partial charge >= 0.3 is 5.70 Å². The third-order valence-corrected chi connectivity index (χ3v) is 2.14. The minimum Gasteiger partial charge on any atom is -0.505 e. The van der Waals surface area contributed by atoms with Crippen molar-refractivity contribution in [2.75, 3.05) is 0 Å². The van der Waals surface area contributed by atoms with Crippen LogP contribution in [0.4, 0.5) is 0 Å². The zero-order valence-corrected chi connectivity index (χ0v) is 6.68. The van der Waals surface area contributed by atoms with Crippen LogP contribution in [0.2, 0.25) is 0 Å². The lowest BCUT2D eigenvalue weighted by molar-refractivity contribution is -0.422. The lowest BCUT2D eigenvalue weighted by atomic mass is 9.94. The molecule has 4 heteroatoms. The van der Waals surface area contributed by atoms with Crippen LogP contribution >= 0.6 is 0 Å². The lowest BCUT2D eigenvalue weighted by Crippen LogP contribution is -2.12. The van der Waals surface area contributed by atoms with Crippen molar-refractivity contribution < 1.29 is 10.0 Å². The highest BCUT2D eigenvalue weighted by Gasteiger charge is 2.29. The number of hydrogen-bond donors (Lipinski definition) is 1. The first-order valence-electron chi connectivity index (χ1n) is 3.84. The average Bonchev–Trinajstić information content (AvgIpc) is 2.52. The molecule has 0 saturated heterocycles. The standard InChI is InChI=1S/C9H7NO3/c11-9-7-3-1-2-6(7)4-5-8(9)10(12)13/h1-5,7,11H. The Morgan fingerprint density at radius 3 is 2.92 bits per heavy atom. The minimum atomic E-state index is -0.575. The van der Waals surface area contributed by atoms with E-state index in [1.165, 1.54) is 6.08 Å². The quantitative estimate of drug-likeness (QED) is 0.489. The first-order valence-corrected chi connectivity index (χ1v) is 3.84. The summed E-state index contributed by atoms with van der Waals surface area (Å²) in [7, 11) is 0. The molecule has 0 fully saturated rings. The van der Waals surface area contributed by atoms with Crippen molar-refractivity contribution >= 4 is 0 Å². The Labute approximate surface area is 74.3 Å². The molecule has 2 aliphatic rings. The van der Waals surface area contributed by atoms with E-state index in [1.807, 2.05) is 6.08 Å². The smallest absolute Gasteiger partial charge is 0.307 e. The summed E-state index contributed by atoms with van der Waals surface area (Å²) < 4.78 is 0. The van der Waals surface area contributed by atoms with Crippen LogP contribution in [0.3, 0.4) is 0 Å². The maximum atomic E-state index is 10.4. The second-order valence-corrected chi connectivity index (χ2v) is 2.89. The summed E-state index contributed by atoms with van der Waals surface area (Å²) in [6, 6.07) is 0. The Hall–Kier alpha value is -1.84. The average molecular weight is 177 g/mol. The molecule has 0 aromatic rings. The van der Waals surface area contributed by atoms with Crippen LogP contribution in [0.5, 0.6) is 0 Å². The number of rotatable bonds is 1. The third kappa shape index (κ3) is 1.07. The van der Waals surface area contributed by atoms with Crippen molar-refractivity contribution in [3.8, 4) is 0 Å². The number of nitro groups is 1. The minimum absolute atomic E-state index is 0.174. The highest BCUT2D eigenvalue weighted by atomic mass is 16.6. The molecule has 2 rings (SSSR count). The van der Waals surface area contributed by atoms with E-state index in [9.17, 15) is 15.2 Å². The molecular weight excluding hydrogens is 170 g/mol. The highest BCUT2D eigenvalue weighted by Crippen LogP contribution is 2.32. The molecular formula is C9H7NO3. The molecule has 2 aliphatic carbocycles. The highest BCUT2D eigenvalue weighted by molar-refractivity contribution is 5.46. The second kappa shape index (κ2) is 2.58. The van der Waals surface area contributed by atoms with Gasteiger partial charge in [-0.05, 0) is 5.57 Å². The van der Waals surface area contributed by atoms with Gasteiger partial charge in [0.1, 0.15) is 0 Å². The van der Waals surface area contributed by atoms with Gasteiger partial charge in [-0.2, -0.15) is 0 Å². The van der Waals surface area contributed by atoms with Gasteiger partial charge in [-0.3, -0.25) is 10.1 Å². The van der Waals surface area contributed by atoms with Crippen molar-refractivity contribution in [2.24, 2.45) is 5.92 Å². The maximum absolute atomic E-state index is 10.4. The first-order chi connectivity index (χ1) is 6.20.